The highest BCUT2D eigenvalue weighted by Crippen LogP contribution is 2.40. The highest BCUT2D eigenvalue weighted by atomic mass is 16.5. The Morgan fingerprint density at radius 1 is 1.32 bits per heavy atom. The van der Waals surface area contributed by atoms with Crippen LogP contribution in [0.15, 0.2) is 24.3 Å². The van der Waals surface area contributed by atoms with Crippen LogP contribution in [0, 0.1) is 5.92 Å². The van der Waals surface area contributed by atoms with E-state index in [4.69, 9.17) is 4.74 Å². The number of carbonyl (C=O) groups excluding carboxylic acids is 3. The molecule has 0 aromatic heterocycles. The van der Waals surface area contributed by atoms with Crippen LogP contribution in [-0.2, 0) is 15.1 Å². The molecule has 0 saturated carbocycles. The van der Waals surface area contributed by atoms with E-state index < -0.39 is 17.5 Å². The van der Waals surface area contributed by atoms with Gasteiger partial charge in [0.05, 0.1) is 6.61 Å². The molecule has 134 valence electrons. The number of imide groups is 1. The molecule has 1 spiro atoms. The fraction of sp³-hybridized carbons (Fsp3) is 0.500. The second-order valence-corrected chi connectivity index (χ2v) is 6.92. The Labute approximate surface area is 146 Å². The number of ether oxygens (including phenoxy) is 1. The van der Waals surface area contributed by atoms with E-state index in [-0.39, 0.29) is 24.4 Å². The number of para-hydroxylation sites is 1. The van der Waals surface area contributed by atoms with Crippen LogP contribution in [0.1, 0.15) is 32.8 Å². The fourth-order valence-corrected chi connectivity index (χ4v) is 3.13. The Morgan fingerprint density at radius 3 is 2.76 bits per heavy atom. The van der Waals surface area contributed by atoms with Gasteiger partial charge in [0.1, 0.15) is 12.3 Å². The summed E-state index contributed by atoms with van der Waals surface area (Å²) in [7, 11) is 0. The average molecular weight is 345 g/mol. The number of nitrogens with zero attached hydrogens (tertiary/aromatic N) is 1. The molecule has 7 heteroatoms. The molecule has 0 unspecified atom stereocenters. The molecule has 3 rings (SSSR count). The molecular weight excluding hydrogens is 322 g/mol. The van der Waals surface area contributed by atoms with Crippen LogP contribution in [0.25, 0.3) is 0 Å². The molecule has 2 aliphatic heterocycles. The topological polar surface area (TPSA) is 87.7 Å². The maximum Gasteiger partial charge on any atom is 0.325 e. The molecule has 25 heavy (non-hydrogen) atoms. The summed E-state index contributed by atoms with van der Waals surface area (Å²) in [6, 6.07) is 6.58. The van der Waals surface area contributed by atoms with Crippen molar-refractivity contribution < 1.29 is 19.1 Å². The summed E-state index contributed by atoms with van der Waals surface area (Å²) in [5.74, 6) is 0.102. The molecule has 1 aromatic carbocycles. The summed E-state index contributed by atoms with van der Waals surface area (Å²) in [5, 5.41) is 5.60. The Hall–Kier alpha value is -2.57. The van der Waals surface area contributed by atoms with E-state index in [0.29, 0.717) is 24.3 Å². The lowest BCUT2D eigenvalue weighted by Crippen LogP contribution is -2.48. The summed E-state index contributed by atoms with van der Waals surface area (Å²) in [6.45, 7) is 5.92. The summed E-state index contributed by atoms with van der Waals surface area (Å²) in [6.07, 6.45) is 0.342. The van der Waals surface area contributed by atoms with Gasteiger partial charge in [0.2, 0.25) is 5.91 Å². The lowest BCUT2D eigenvalue weighted by Gasteiger charge is -2.33. The molecule has 2 aliphatic rings. The zero-order valence-electron chi connectivity index (χ0n) is 14.7. The van der Waals surface area contributed by atoms with Gasteiger partial charge in [-0.25, -0.2) is 4.79 Å². The first-order chi connectivity index (χ1) is 11.8. The smallest absolute Gasteiger partial charge is 0.325 e. The molecule has 2 N–H and O–H groups in total. The average Bonchev–Trinajstić information content (AvgIpc) is 2.80. The minimum Gasteiger partial charge on any atom is -0.493 e. The number of hydrogen-bond acceptors (Lipinski definition) is 4. The lowest BCUT2D eigenvalue weighted by atomic mass is 9.84. The Kier molecular flexibility index (Phi) is 4.41. The first-order valence-electron chi connectivity index (χ1n) is 8.51. The number of hydrogen-bond donors (Lipinski definition) is 2. The number of nitrogens with one attached hydrogen (secondary N) is 2. The Morgan fingerprint density at radius 2 is 2.04 bits per heavy atom. The van der Waals surface area contributed by atoms with Gasteiger partial charge in [-0.3, -0.25) is 14.5 Å². The molecule has 7 nitrogen and oxygen atoms in total. The van der Waals surface area contributed by atoms with Crippen LogP contribution in [0.4, 0.5) is 4.79 Å². The zero-order valence-corrected chi connectivity index (χ0v) is 14.7. The van der Waals surface area contributed by atoms with E-state index >= 15 is 0 Å². The van der Waals surface area contributed by atoms with Gasteiger partial charge in [-0.1, -0.05) is 32.0 Å². The standard InChI is InChI=1S/C18H23N3O4/c1-11(2)12(3)19-15(22)10-21-16(23)18(20-17(21)24)8-9-25-14-7-5-4-6-13(14)18/h4-7,11-12H,8-10H2,1-3H3,(H,19,22)(H,20,24)/t12-,18-/m0/s1. The van der Waals surface area contributed by atoms with Gasteiger partial charge in [0.25, 0.3) is 5.91 Å². The largest absolute Gasteiger partial charge is 0.493 e. The number of benzene rings is 1. The van der Waals surface area contributed by atoms with Gasteiger partial charge in [0.15, 0.2) is 5.54 Å². The van der Waals surface area contributed by atoms with Gasteiger partial charge < -0.3 is 15.4 Å². The minimum atomic E-state index is -1.14. The molecule has 1 fully saturated rings. The van der Waals surface area contributed by atoms with Crippen molar-refractivity contribution in [1.29, 1.82) is 0 Å². The van der Waals surface area contributed by atoms with Crippen molar-refractivity contribution in [1.82, 2.24) is 15.5 Å². The number of carbonyl (C=O) groups is 3. The zero-order chi connectivity index (χ0) is 18.2. The van der Waals surface area contributed by atoms with Crippen molar-refractivity contribution in [3.8, 4) is 5.75 Å². The summed E-state index contributed by atoms with van der Waals surface area (Å²) in [5.41, 5.74) is -0.506. The Bertz CT molecular complexity index is 718. The van der Waals surface area contributed by atoms with E-state index in [1.165, 1.54) is 0 Å². The molecule has 2 heterocycles. The summed E-state index contributed by atoms with van der Waals surface area (Å²) >= 11 is 0. The van der Waals surface area contributed by atoms with Gasteiger partial charge in [0, 0.05) is 18.0 Å². The van der Waals surface area contributed by atoms with Crippen molar-refractivity contribution in [3.63, 3.8) is 0 Å². The SMILES string of the molecule is CC(C)[C@H](C)NC(=O)CN1C(=O)N[C@]2(CCOc3ccccc32)C1=O. The van der Waals surface area contributed by atoms with Crippen LogP contribution in [-0.4, -0.2) is 41.9 Å². The second kappa shape index (κ2) is 6.38. The normalized spacial score (nSPS) is 23.3. The van der Waals surface area contributed by atoms with Crippen LogP contribution < -0.4 is 15.4 Å². The molecule has 0 aliphatic carbocycles. The van der Waals surface area contributed by atoms with Crippen LogP contribution in [0.5, 0.6) is 5.75 Å². The van der Waals surface area contributed by atoms with Gasteiger partial charge >= 0.3 is 6.03 Å². The first kappa shape index (κ1) is 17.3. The molecular formula is C18H23N3O4. The fourth-order valence-electron chi connectivity index (χ4n) is 3.13. The van der Waals surface area contributed by atoms with Crippen LogP contribution in [0.3, 0.4) is 0 Å². The van der Waals surface area contributed by atoms with Gasteiger partial charge in [-0.15, -0.1) is 0 Å². The predicted octanol–water partition coefficient (Wildman–Crippen LogP) is 1.38. The number of rotatable bonds is 4. The predicted molar refractivity (Wildman–Crippen MR) is 90.9 cm³/mol. The molecule has 0 radical (unpaired) electrons. The highest BCUT2D eigenvalue weighted by molar-refractivity contribution is 6.09. The quantitative estimate of drug-likeness (QED) is 0.807. The molecule has 1 aromatic rings. The minimum absolute atomic E-state index is 0.0361. The van der Waals surface area contributed by atoms with E-state index in [1.54, 1.807) is 18.2 Å². The maximum absolute atomic E-state index is 13.0. The van der Waals surface area contributed by atoms with E-state index in [9.17, 15) is 14.4 Å². The Balaban J connectivity index is 1.81. The molecule has 4 amide bonds. The maximum atomic E-state index is 13.0. The third-order valence-corrected chi connectivity index (χ3v) is 4.95. The van der Waals surface area contributed by atoms with Crippen molar-refractivity contribution in [3.05, 3.63) is 29.8 Å². The monoisotopic (exact) mass is 345 g/mol. The summed E-state index contributed by atoms with van der Waals surface area (Å²) < 4.78 is 5.59. The van der Waals surface area contributed by atoms with Crippen molar-refractivity contribution in [2.75, 3.05) is 13.2 Å². The number of amides is 4. The lowest BCUT2D eigenvalue weighted by molar-refractivity contribution is -0.136. The van der Waals surface area contributed by atoms with Crippen molar-refractivity contribution in [2.24, 2.45) is 5.92 Å². The van der Waals surface area contributed by atoms with Crippen LogP contribution in [0.2, 0.25) is 0 Å². The number of fused-ring (bicyclic) bond motifs is 2. The molecule has 0 bridgehead atoms. The molecule has 1 saturated heterocycles. The molecule has 2 atom stereocenters. The van der Waals surface area contributed by atoms with E-state index in [2.05, 4.69) is 10.6 Å². The highest BCUT2D eigenvalue weighted by Gasteiger charge is 2.55. The van der Waals surface area contributed by atoms with Gasteiger partial charge in [-0.2, -0.15) is 0 Å². The van der Waals surface area contributed by atoms with Gasteiger partial charge in [-0.05, 0) is 18.9 Å². The van der Waals surface area contributed by atoms with Crippen molar-refractivity contribution in [2.45, 2.75) is 38.8 Å². The van der Waals surface area contributed by atoms with E-state index in [0.717, 1.165) is 4.90 Å². The summed E-state index contributed by atoms with van der Waals surface area (Å²) in [4.78, 5) is 38.6. The van der Waals surface area contributed by atoms with Crippen molar-refractivity contribution >= 4 is 17.8 Å². The second-order valence-electron chi connectivity index (χ2n) is 6.92. The first-order valence-corrected chi connectivity index (χ1v) is 8.51. The third kappa shape index (κ3) is 2.94. The van der Waals surface area contributed by atoms with E-state index in [1.807, 2.05) is 26.8 Å². The van der Waals surface area contributed by atoms with Crippen LogP contribution >= 0.6 is 0 Å². The third-order valence-electron chi connectivity index (χ3n) is 4.95. The number of urea groups is 1.